The fourth-order valence-corrected chi connectivity index (χ4v) is 3.47. The van der Waals surface area contributed by atoms with E-state index in [-0.39, 0.29) is 0 Å². The average Bonchev–Trinajstić information content (AvgIpc) is 2.94. The van der Waals surface area contributed by atoms with Crippen LogP contribution in [0.4, 0.5) is 5.69 Å². The van der Waals surface area contributed by atoms with Crippen LogP contribution < -0.4 is 5.73 Å². The predicted molar refractivity (Wildman–Crippen MR) is 71.9 cm³/mol. The van der Waals surface area contributed by atoms with Crippen LogP contribution in [0, 0.1) is 5.92 Å². The van der Waals surface area contributed by atoms with Crippen molar-refractivity contribution in [1.29, 1.82) is 0 Å². The molecule has 1 aromatic rings. The second-order valence-electron chi connectivity index (χ2n) is 5.67. The molecule has 0 amide bonds. The van der Waals surface area contributed by atoms with Crippen LogP contribution in [0.3, 0.4) is 0 Å². The van der Waals surface area contributed by atoms with Gasteiger partial charge in [-0.25, -0.2) is 0 Å². The minimum absolute atomic E-state index is 0.866. The van der Waals surface area contributed by atoms with Gasteiger partial charge >= 0.3 is 0 Å². The summed E-state index contributed by atoms with van der Waals surface area (Å²) in [7, 11) is 0. The number of fused-ring (bicyclic) bond motifs is 2. The third kappa shape index (κ3) is 2.47. The standard InChI is InChI=1S/C15H22N2/c16-14-6-3-12(4-7-14)2-1-9-17-11-13-5-8-15(17)10-13/h3-4,6-7,13,15H,1-2,5,8-11,16H2. The molecule has 2 atom stereocenters. The van der Waals surface area contributed by atoms with Crippen molar-refractivity contribution in [3.8, 4) is 0 Å². The minimum Gasteiger partial charge on any atom is -0.399 e. The highest BCUT2D eigenvalue weighted by Gasteiger charge is 2.36. The summed E-state index contributed by atoms with van der Waals surface area (Å²) in [6.07, 6.45) is 6.88. The van der Waals surface area contributed by atoms with E-state index in [1.807, 2.05) is 12.1 Å². The Morgan fingerprint density at radius 3 is 2.65 bits per heavy atom. The third-order valence-corrected chi connectivity index (χ3v) is 4.41. The number of aryl methyl sites for hydroxylation is 1. The molecule has 2 aliphatic rings. The molecule has 1 aliphatic carbocycles. The highest BCUT2D eigenvalue weighted by molar-refractivity contribution is 5.39. The van der Waals surface area contributed by atoms with Gasteiger partial charge in [-0.2, -0.15) is 0 Å². The van der Waals surface area contributed by atoms with Crippen LogP contribution in [0.15, 0.2) is 24.3 Å². The van der Waals surface area contributed by atoms with E-state index >= 15 is 0 Å². The van der Waals surface area contributed by atoms with Crippen molar-refractivity contribution in [2.75, 3.05) is 18.8 Å². The summed E-state index contributed by atoms with van der Waals surface area (Å²) in [4.78, 5) is 2.71. The lowest BCUT2D eigenvalue weighted by Crippen LogP contribution is -2.33. The number of nitrogens with zero attached hydrogens (tertiary/aromatic N) is 1. The number of likely N-dealkylation sites (tertiary alicyclic amines) is 1. The molecule has 2 nitrogen and oxygen atoms in total. The molecule has 1 saturated heterocycles. The summed E-state index contributed by atoms with van der Waals surface area (Å²) in [5, 5.41) is 0. The molecule has 3 rings (SSSR count). The predicted octanol–water partition coefficient (Wildman–Crippen LogP) is 2.69. The number of benzene rings is 1. The van der Waals surface area contributed by atoms with Gasteiger partial charge in [-0.1, -0.05) is 12.1 Å². The molecule has 2 unspecified atom stereocenters. The smallest absolute Gasteiger partial charge is 0.0314 e. The van der Waals surface area contributed by atoms with E-state index in [1.54, 1.807) is 0 Å². The number of anilines is 1. The van der Waals surface area contributed by atoms with Crippen molar-refractivity contribution < 1.29 is 0 Å². The molecular weight excluding hydrogens is 208 g/mol. The maximum absolute atomic E-state index is 5.69. The van der Waals surface area contributed by atoms with Gasteiger partial charge in [-0.3, -0.25) is 0 Å². The molecule has 0 spiro atoms. The SMILES string of the molecule is Nc1ccc(CCCN2CC3CCC2C3)cc1. The van der Waals surface area contributed by atoms with Gasteiger partial charge in [0.25, 0.3) is 0 Å². The number of hydrogen-bond donors (Lipinski definition) is 1. The number of rotatable bonds is 4. The molecule has 1 saturated carbocycles. The summed E-state index contributed by atoms with van der Waals surface area (Å²) in [5.74, 6) is 1.02. The monoisotopic (exact) mass is 230 g/mol. The molecule has 2 bridgehead atoms. The lowest BCUT2D eigenvalue weighted by atomic mass is 10.1. The zero-order valence-electron chi connectivity index (χ0n) is 10.4. The Bertz CT molecular complexity index is 371. The summed E-state index contributed by atoms with van der Waals surface area (Å²) in [6, 6.07) is 9.25. The van der Waals surface area contributed by atoms with E-state index < -0.39 is 0 Å². The van der Waals surface area contributed by atoms with E-state index in [1.165, 1.54) is 50.8 Å². The first-order chi connectivity index (χ1) is 8.31. The van der Waals surface area contributed by atoms with Crippen molar-refractivity contribution in [3.05, 3.63) is 29.8 Å². The molecule has 0 aromatic heterocycles. The van der Waals surface area contributed by atoms with Crippen molar-refractivity contribution >= 4 is 5.69 Å². The van der Waals surface area contributed by atoms with Gasteiger partial charge in [0, 0.05) is 18.3 Å². The van der Waals surface area contributed by atoms with E-state index in [2.05, 4.69) is 17.0 Å². The van der Waals surface area contributed by atoms with Gasteiger partial charge in [0.15, 0.2) is 0 Å². The molecule has 0 radical (unpaired) electrons. The van der Waals surface area contributed by atoms with Gasteiger partial charge in [0.1, 0.15) is 0 Å². The third-order valence-electron chi connectivity index (χ3n) is 4.41. The Morgan fingerprint density at radius 1 is 1.18 bits per heavy atom. The van der Waals surface area contributed by atoms with Crippen LogP contribution in [0.25, 0.3) is 0 Å². The van der Waals surface area contributed by atoms with Gasteiger partial charge in [-0.15, -0.1) is 0 Å². The molecule has 17 heavy (non-hydrogen) atoms. The van der Waals surface area contributed by atoms with Crippen molar-refractivity contribution in [3.63, 3.8) is 0 Å². The van der Waals surface area contributed by atoms with Crippen LogP contribution >= 0.6 is 0 Å². The molecular formula is C15H22N2. The van der Waals surface area contributed by atoms with Crippen molar-refractivity contribution in [2.45, 2.75) is 38.1 Å². The van der Waals surface area contributed by atoms with Crippen molar-refractivity contribution in [2.24, 2.45) is 5.92 Å². The van der Waals surface area contributed by atoms with E-state index in [4.69, 9.17) is 5.73 Å². The highest BCUT2D eigenvalue weighted by Crippen LogP contribution is 2.37. The fraction of sp³-hybridized carbons (Fsp3) is 0.600. The minimum atomic E-state index is 0.866. The zero-order chi connectivity index (χ0) is 11.7. The molecule has 2 N–H and O–H groups in total. The topological polar surface area (TPSA) is 29.3 Å². The average molecular weight is 230 g/mol. The largest absolute Gasteiger partial charge is 0.399 e. The lowest BCUT2D eigenvalue weighted by molar-refractivity contribution is 0.211. The van der Waals surface area contributed by atoms with E-state index in [0.29, 0.717) is 0 Å². The Hall–Kier alpha value is -1.02. The zero-order valence-corrected chi connectivity index (χ0v) is 10.4. The molecule has 1 aliphatic heterocycles. The number of hydrogen-bond acceptors (Lipinski definition) is 2. The Kier molecular flexibility index (Phi) is 3.06. The van der Waals surface area contributed by atoms with Crippen LogP contribution in [0.1, 0.15) is 31.2 Å². The van der Waals surface area contributed by atoms with Gasteiger partial charge in [0.2, 0.25) is 0 Å². The number of nitrogens with two attached hydrogens (primary N) is 1. The second kappa shape index (κ2) is 4.69. The first-order valence-corrected chi connectivity index (χ1v) is 6.90. The Morgan fingerprint density at radius 2 is 2.00 bits per heavy atom. The van der Waals surface area contributed by atoms with Gasteiger partial charge in [0.05, 0.1) is 0 Å². The number of nitrogen functional groups attached to an aromatic ring is 1. The Balaban J connectivity index is 1.45. The molecule has 92 valence electrons. The molecule has 2 fully saturated rings. The summed E-state index contributed by atoms with van der Waals surface area (Å²) in [5.41, 5.74) is 7.97. The lowest BCUT2D eigenvalue weighted by Gasteiger charge is -2.26. The number of piperidine rings is 1. The maximum Gasteiger partial charge on any atom is 0.0314 e. The maximum atomic E-state index is 5.69. The van der Waals surface area contributed by atoms with Crippen molar-refractivity contribution in [1.82, 2.24) is 4.90 Å². The highest BCUT2D eigenvalue weighted by atomic mass is 15.2. The molecule has 1 aromatic carbocycles. The van der Waals surface area contributed by atoms with Crippen LogP contribution in [-0.4, -0.2) is 24.0 Å². The first kappa shape index (κ1) is 11.1. The Labute approximate surface area is 104 Å². The van der Waals surface area contributed by atoms with E-state index in [0.717, 1.165) is 17.6 Å². The summed E-state index contributed by atoms with van der Waals surface area (Å²) in [6.45, 7) is 2.65. The van der Waals surface area contributed by atoms with Gasteiger partial charge in [-0.05, 0) is 62.3 Å². The van der Waals surface area contributed by atoms with Crippen LogP contribution in [0.5, 0.6) is 0 Å². The van der Waals surface area contributed by atoms with Gasteiger partial charge < -0.3 is 10.6 Å². The van der Waals surface area contributed by atoms with E-state index in [9.17, 15) is 0 Å². The molecule has 1 heterocycles. The summed E-state index contributed by atoms with van der Waals surface area (Å²) < 4.78 is 0. The molecule has 2 heteroatoms. The first-order valence-electron chi connectivity index (χ1n) is 6.90. The van der Waals surface area contributed by atoms with Crippen LogP contribution in [-0.2, 0) is 6.42 Å². The normalized spacial score (nSPS) is 27.8. The summed E-state index contributed by atoms with van der Waals surface area (Å²) >= 11 is 0. The second-order valence-corrected chi connectivity index (χ2v) is 5.67. The quantitative estimate of drug-likeness (QED) is 0.806. The van der Waals surface area contributed by atoms with Crippen LogP contribution in [0.2, 0.25) is 0 Å². The fourth-order valence-electron chi connectivity index (χ4n) is 3.47.